The van der Waals surface area contributed by atoms with Crippen molar-refractivity contribution < 1.29 is 29.3 Å². The number of aliphatic carboxylic acids is 2. The fourth-order valence-corrected chi connectivity index (χ4v) is 2.15. The second-order valence-corrected chi connectivity index (χ2v) is 5.63. The molecule has 0 bridgehead atoms. The van der Waals surface area contributed by atoms with Crippen molar-refractivity contribution in [3.63, 3.8) is 0 Å². The summed E-state index contributed by atoms with van der Waals surface area (Å²) in [6.07, 6.45) is 5.91. The maximum atomic E-state index is 11.7. The third kappa shape index (κ3) is 22.4. The molecule has 0 heterocycles. The minimum absolute atomic E-state index is 0. The van der Waals surface area contributed by atoms with Gasteiger partial charge in [-0.25, -0.2) is 4.79 Å². The van der Waals surface area contributed by atoms with Crippen LogP contribution in [0.5, 0.6) is 0 Å². The molecule has 0 spiro atoms. The molecule has 142 valence electrons. The number of ether oxygens (including phenoxy) is 1. The summed E-state index contributed by atoms with van der Waals surface area (Å²) in [6.45, 7) is 2.73. The molecule has 2 radical (unpaired) electrons. The maximum Gasteiger partial charge on any atom is 0.329 e. The van der Waals surface area contributed by atoms with Gasteiger partial charge in [-0.05, 0) is 6.42 Å². The molecule has 0 rings (SSSR count). The van der Waals surface area contributed by atoms with Gasteiger partial charge < -0.3 is 20.3 Å². The van der Waals surface area contributed by atoms with Gasteiger partial charge in [-0.2, -0.15) is 0 Å². The molecule has 3 N–H and O–H groups in total. The minimum atomic E-state index is -1.06. The van der Waals surface area contributed by atoms with Crippen LogP contribution in [-0.4, -0.2) is 131 Å². The number of carboxylic acid groups (broad SMARTS) is 2. The fraction of sp³-hybridized carbons (Fsp3) is 0.812. The monoisotopic (exact) mass is 392 g/mol. The van der Waals surface area contributed by atoms with Crippen LogP contribution >= 0.6 is 0 Å². The molecular weight excluding hydrogens is 362 g/mol. The fourth-order valence-electron chi connectivity index (χ4n) is 2.15. The molecule has 0 aromatic carbocycles. The number of amides is 1. The maximum absolute atomic E-state index is 11.7. The Labute approximate surface area is 200 Å². The Morgan fingerprint density at radius 3 is 2.19 bits per heavy atom. The topological polar surface area (TPSA) is 116 Å². The third-order valence-electron chi connectivity index (χ3n) is 3.39. The van der Waals surface area contributed by atoms with Gasteiger partial charge in [0.25, 0.3) is 0 Å². The number of hydrogen-bond acceptors (Lipinski definition) is 5. The molecule has 0 aliphatic rings. The largest absolute Gasteiger partial charge is 0.480 e. The number of carbonyl (C=O) groups excluding carboxylic acids is 1. The van der Waals surface area contributed by atoms with E-state index in [0.29, 0.717) is 26.1 Å². The Kier molecular flexibility index (Phi) is 25.8. The van der Waals surface area contributed by atoms with Gasteiger partial charge >= 0.3 is 11.9 Å². The number of nitrogens with zero attached hydrogens (tertiary/aromatic N) is 1. The van der Waals surface area contributed by atoms with Crippen LogP contribution in [0.4, 0.5) is 0 Å². The molecule has 0 saturated heterocycles. The Balaban J connectivity index is -0.00000264. The van der Waals surface area contributed by atoms with E-state index in [1.807, 2.05) is 0 Å². The first kappa shape index (κ1) is 31.0. The van der Waals surface area contributed by atoms with Crippen molar-refractivity contribution in [1.82, 2.24) is 10.2 Å². The molecule has 0 fully saturated rings. The van der Waals surface area contributed by atoms with Crippen molar-refractivity contribution in [2.24, 2.45) is 0 Å². The summed E-state index contributed by atoms with van der Waals surface area (Å²) in [5, 5.41) is 20.1. The van der Waals surface area contributed by atoms with Crippen LogP contribution in [0.2, 0.25) is 0 Å². The number of unbranched alkanes of at least 4 members (excludes halogenated alkanes) is 4. The predicted molar refractivity (Wildman–Crippen MR) is 100 cm³/mol. The minimum Gasteiger partial charge on any atom is -0.480 e. The molecule has 8 nitrogen and oxygen atoms in total. The summed E-state index contributed by atoms with van der Waals surface area (Å²) in [6, 6.07) is 0. The van der Waals surface area contributed by atoms with Crippen molar-refractivity contribution in [3.05, 3.63) is 0 Å². The van der Waals surface area contributed by atoms with Crippen LogP contribution in [0.15, 0.2) is 0 Å². The third-order valence-corrected chi connectivity index (χ3v) is 3.39. The van der Waals surface area contributed by atoms with E-state index in [4.69, 9.17) is 14.9 Å². The zero-order valence-electron chi connectivity index (χ0n) is 16.5. The zero-order valence-corrected chi connectivity index (χ0v) is 20.5. The second-order valence-electron chi connectivity index (χ2n) is 5.63. The summed E-state index contributed by atoms with van der Waals surface area (Å²) in [7, 11) is 0. The second kappa shape index (κ2) is 21.6. The van der Waals surface area contributed by atoms with Crippen LogP contribution in [0.3, 0.4) is 0 Å². The van der Waals surface area contributed by atoms with E-state index in [9.17, 15) is 14.4 Å². The van der Waals surface area contributed by atoms with Crippen LogP contribution < -0.4 is 5.32 Å². The van der Waals surface area contributed by atoms with Gasteiger partial charge in [0.2, 0.25) is 5.91 Å². The van der Waals surface area contributed by atoms with E-state index in [-0.39, 0.29) is 78.2 Å². The smallest absolute Gasteiger partial charge is 0.329 e. The van der Waals surface area contributed by atoms with Gasteiger partial charge in [-0.1, -0.05) is 32.6 Å². The standard InChI is InChI=1S/C16H30N2O6.2Na/c1-2-3-4-5-6-7-14(19)17-8-9-18(12-15(20)21)10-11-24-13-16(22)23;;/h2-13H2,1H3,(H,17,19)(H,20,21)(H,22,23);;. The van der Waals surface area contributed by atoms with E-state index in [1.165, 1.54) is 12.8 Å². The molecule has 10 heteroatoms. The molecule has 0 aromatic heterocycles. The number of nitrogens with one attached hydrogen (secondary N) is 1. The Morgan fingerprint density at radius 1 is 0.962 bits per heavy atom. The number of rotatable bonds is 16. The number of carboxylic acids is 2. The first-order chi connectivity index (χ1) is 11.5. The van der Waals surface area contributed by atoms with Crippen LogP contribution in [-0.2, 0) is 19.1 Å². The van der Waals surface area contributed by atoms with Crippen molar-refractivity contribution in [3.8, 4) is 0 Å². The summed E-state index contributed by atoms with van der Waals surface area (Å²) < 4.78 is 4.90. The zero-order chi connectivity index (χ0) is 18.2. The van der Waals surface area contributed by atoms with E-state index < -0.39 is 18.5 Å². The summed E-state index contributed by atoms with van der Waals surface area (Å²) in [5.41, 5.74) is 0. The predicted octanol–water partition coefficient (Wildman–Crippen LogP) is 0.189. The van der Waals surface area contributed by atoms with Crippen molar-refractivity contribution in [1.29, 1.82) is 0 Å². The van der Waals surface area contributed by atoms with Gasteiger partial charge in [0.1, 0.15) is 6.61 Å². The Morgan fingerprint density at radius 2 is 1.62 bits per heavy atom. The Hall–Kier alpha value is 0.330. The first-order valence-electron chi connectivity index (χ1n) is 8.46. The summed E-state index contributed by atoms with van der Waals surface area (Å²) >= 11 is 0. The average molecular weight is 392 g/mol. The molecule has 0 aliphatic carbocycles. The molecule has 1 amide bonds. The summed E-state index contributed by atoms with van der Waals surface area (Å²) in [4.78, 5) is 34.4. The van der Waals surface area contributed by atoms with Crippen LogP contribution in [0.1, 0.15) is 45.4 Å². The normalized spacial score (nSPS) is 9.92. The summed E-state index contributed by atoms with van der Waals surface area (Å²) in [5.74, 6) is -2.06. The average Bonchev–Trinajstić information content (AvgIpc) is 2.50. The van der Waals surface area contributed by atoms with Crippen LogP contribution in [0, 0.1) is 0 Å². The quantitative estimate of drug-likeness (QED) is 0.254. The first-order valence-corrected chi connectivity index (χ1v) is 8.46. The van der Waals surface area contributed by atoms with Gasteiger partial charge in [-0.3, -0.25) is 14.5 Å². The molecule has 0 aromatic rings. The van der Waals surface area contributed by atoms with E-state index in [2.05, 4.69) is 12.2 Å². The van der Waals surface area contributed by atoms with E-state index in [0.717, 1.165) is 19.3 Å². The molecule has 0 aliphatic heterocycles. The van der Waals surface area contributed by atoms with Gasteiger partial charge in [0.05, 0.1) is 13.2 Å². The van der Waals surface area contributed by atoms with Crippen LogP contribution in [0.25, 0.3) is 0 Å². The molecular formula is C16H30N2Na2O6. The van der Waals surface area contributed by atoms with Gasteiger partial charge in [-0.15, -0.1) is 0 Å². The SMILES string of the molecule is CCCCCCCC(=O)NCCN(CCOCC(=O)O)CC(=O)O.[Na].[Na]. The van der Waals surface area contributed by atoms with Crippen molar-refractivity contribution in [2.45, 2.75) is 45.4 Å². The molecule has 0 unspecified atom stereocenters. The Bertz CT molecular complexity index is 386. The van der Waals surface area contributed by atoms with Gasteiger partial charge in [0.15, 0.2) is 0 Å². The number of hydrogen-bond donors (Lipinski definition) is 3. The number of carbonyl (C=O) groups is 3. The van der Waals surface area contributed by atoms with Gasteiger partial charge in [0, 0.05) is 85.2 Å². The van der Waals surface area contributed by atoms with E-state index >= 15 is 0 Å². The van der Waals surface area contributed by atoms with E-state index in [1.54, 1.807) is 4.90 Å². The molecule has 26 heavy (non-hydrogen) atoms. The molecule has 0 atom stereocenters. The van der Waals surface area contributed by atoms with Crippen molar-refractivity contribution in [2.75, 3.05) is 39.4 Å². The molecule has 0 saturated carbocycles. The van der Waals surface area contributed by atoms with Crippen molar-refractivity contribution >= 4 is 77.0 Å².